The Morgan fingerprint density at radius 2 is 1.56 bits per heavy atom. The molecule has 0 atom stereocenters. The number of amides is 2. The van der Waals surface area contributed by atoms with Crippen molar-refractivity contribution in [3.63, 3.8) is 0 Å². The number of likely N-dealkylation sites (tertiary alicyclic amines) is 1. The van der Waals surface area contributed by atoms with Crippen molar-refractivity contribution in [2.45, 2.75) is 12.8 Å². The lowest BCUT2D eigenvalue weighted by atomic mass is 9.94. The number of rotatable bonds is 4. The van der Waals surface area contributed by atoms with Crippen LogP contribution in [-0.4, -0.2) is 76.1 Å². The third-order valence-corrected chi connectivity index (χ3v) is 6.95. The van der Waals surface area contributed by atoms with E-state index in [9.17, 15) is 9.59 Å². The molecule has 2 saturated heterocycles. The number of benzene rings is 1. The van der Waals surface area contributed by atoms with Crippen LogP contribution in [0.25, 0.3) is 11.3 Å². The van der Waals surface area contributed by atoms with Crippen molar-refractivity contribution < 1.29 is 9.59 Å². The van der Waals surface area contributed by atoms with Gasteiger partial charge in [-0.1, -0.05) is 11.6 Å². The van der Waals surface area contributed by atoms with Gasteiger partial charge < -0.3 is 14.7 Å². The van der Waals surface area contributed by atoms with Crippen LogP contribution in [0.1, 0.15) is 23.3 Å². The molecule has 1 N–H and O–H groups in total. The van der Waals surface area contributed by atoms with Crippen molar-refractivity contribution in [3.8, 4) is 11.3 Å². The molecule has 8 nitrogen and oxygen atoms in total. The smallest absolute Gasteiger partial charge is 0.271 e. The number of carbonyl (C=O) groups excluding carboxylic acids is 2. The first-order valence-electron chi connectivity index (χ1n) is 11.6. The zero-order chi connectivity index (χ0) is 23.5. The van der Waals surface area contributed by atoms with Gasteiger partial charge >= 0.3 is 0 Å². The number of halogens is 1. The van der Waals surface area contributed by atoms with Gasteiger partial charge in [0.2, 0.25) is 5.91 Å². The summed E-state index contributed by atoms with van der Waals surface area (Å²) < 4.78 is 0. The molecule has 2 aliphatic heterocycles. The van der Waals surface area contributed by atoms with Crippen LogP contribution in [0, 0.1) is 5.92 Å². The summed E-state index contributed by atoms with van der Waals surface area (Å²) in [6.07, 6.45) is 4.77. The highest BCUT2D eigenvalue weighted by Crippen LogP contribution is 2.24. The highest BCUT2D eigenvalue weighted by molar-refractivity contribution is 6.30. The minimum Gasteiger partial charge on any atom is -0.368 e. The SMILES string of the molecule is O=C(c1cc(-c2ccncc2)n[nH]1)N1CCC(C(=O)N2CCN(c3ccc(Cl)cc3)CC2)CC1. The number of anilines is 1. The van der Waals surface area contributed by atoms with Crippen molar-refractivity contribution >= 4 is 29.1 Å². The van der Waals surface area contributed by atoms with Gasteiger partial charge in [0, 0.05) is 73.9 Å². The first-order chi connectivity index (χ1) is 16.6. The van der Waals surface area contributed by atoms with E-state index in [1.165, 1.54) is 0 Å². The molecular formula is C25H27ClN6O2. The molecule has 0 unspecified atom stereocenters. The van der Waals surface area contributed by atoms with Crippen molar-refractivity contribution in [1.29, 1.82) is 0 Å². The summed E-state index contributed by atoms with van der Waals surface area (Å²) in [5.41, 5.74) is 3.23. The quantitative estimate of drug-likeness (QED) is 0.621. The maximum absolute atomic E-state index is 13.1. The maximum atomic E-state index is 13.1. The number of pyridine rings is 1. The largest absolute Gasteiger partial charge is 0.368 e. The van der Waals surface area contributed by atoms with Gasteiger partial charge in [0.25, 0.3) is 5.91 Å². The number of hydrogen-bond acceptors (Lipinski definition) is 5. The maximum Gasteiger partial charge on any atom is 0.271 e. The van der Waals surface area contributed by atoms with Gasteiger partial charge in [-0.2, -0.15) is 5.10 Å². The van der Waals surface area contributed by atoms with E-state index in [4.69, 9.17) is 11.6 Å². The Balaban J connectivity index is 1.12. The number of nitrogens with zero attached hydrogens (tertiary/aromatic N) is 5. The Morgan fingerprint density at radius 3 is 2.24 bits per heavy atom. The molecule has 2 aromatic heterocycles. The topological polar surface area (TPSA) is 85.4 Å². The minimum absolute atomic E-state index is 0.0275. The number of aromatic nitrogens is 3. The number of nitrogens with one attached hydrogen (secondary N) is 1. The lowest BCUT2D eigenvalue weighted by Gasteiger charge is -2.39. The van der Waals surface area contributed by atoms with Gasteiger partial charge in [0.15, 0.2) is 0 Å². The molecule has 1 aromatic carbocycles. The third kappa shape index (κ3) is 4.77. The Hall–Kier alpha value is -3.39. The monoisotopic (exact) mass is 478 g/mol. The van der Waals surface area contributed by atoms with Crippen LogP contribution >= 0.6 is 11.6 Å². The molecule has 0 radical (unpaired) electrons. The van der Waals surface area contributed by atoms with Crippen LogP contribution in [0.4, 0.5) is 5.69 Å². The van der Waals surface area contributed by atoms with Crippen LogP contribution in [0.3, 0.4) is 0 Å². The Morgan fingerprint density at radius 1 is 0.882 bits per heavy atom. The lowest BCUT2D eigenvalue weighted by Crippen LogP contribution is -2.52. The van der Waals surface area contributed by atoms with E-state index >= 15 is 0 Å². The molecule has 176 valence electrons. The Bertz CT molecular complexity index is 1130. The van der Waals surface area contributed by atoms with Crippen LogP contribution < -0.4 is 4.90 Å². The van der Waals surface area contributed by atoms with E-state index in [0.717, 1.165) is 29.4 Å². The molecule has 2 amide bonds. The highest BCUT2D eigenvalue weighted by atomic mass is 35.5. The molecule has 0 aliphatic carbocycles. The standard InChI is InChI=1S/C25H27ClN6O2/c26-20-1-3-21(4-2-20)30-13-15-32(16-14-30)24(33)19-7-11-31(12-8-19)25(34)23-17-22(28-29-23)18-5-9-27-10-6-18/h1-6,9-10,17,19H,7-8,11-16H2,(H,28,29). The first-order valence-corrected chi connectivity index (χ1v) is 12.0. The van der Waals surface area contributed by atoms with E-state index in [1.807, 2.05) is 46.2 Å². The first kappa shape index (κ1) is 22.4. The average molecular weight is 479 g/mol. The third-order valence-electron chi connectivity index (χ3n) is 6.70. The minimum atomic E-state index is -0.0738. The molecule has 5 rings (SSSR count). The second-order valence-electron chi connectivity index (χ2n) is 8.76. The molecule has 2 aliphatic rings. The van der Waals surface area contributed by atoms with E-state index in [0.29, 0.717) is 50.4 Å². The van der Waals surface area contributed by atoms with Crippen molar-refractivity contribution in [2.75, 3.05) is 44.2 Å². The van der Waals surface area contributed by atoms with Gasteiger partial charge in [-0.05, 0) is 55.3 Å². The van der Waals surface area contributed by atoms with Crippen molar-refractivity contribution in [2.24, 2.45) is 5.92 Å². The fourth-order valence-corrected chi connectivity index (χ4v) is 4.82. The van der Waals surface area contributed by atoms with Gasteiger partial charge in [0.05, 0.1) is 5.69 Å². The summed E-state index contributed by atoms with van der Waals surface area (Å²) in [5.74, 6) is 0.111. The number of aromatic amines is 1. The summed E-state index contributed by atoms with van der Waals surface area (Å²) in [7, 11) is 0. The summed E-state index contributed by atoms with van der Waals surface area (Å²) in [6, 6.07) is 13.3. The van der Waals surface area contributed by atoms with Crippen LogP contribution in [0.2, 0.25) is 5.02 Å². The van der Waals surface area contributed by atoms with E-state index in [2.05, 4.69) is 20.1 Å². The Labute approximate surface area is 203 Å². The van der Waals surface area contributed by atoms with Gasteiger partial charge in [-0.3, -0.25) is 19.7 Å². The molecule has 9 heteroatoms. The normalized spacial score (nSPS) is 17.1. The number of hydrogen-bond donors (Lipinski definition) is 1. The zero-order valence-electron chi connectivity index (χ0n) is 18.9. The molecule has 0 spiro atoms. The second-order valence-corrected chi connectivity index (χ2v) is 9.19. The predicted molar refractivity (Wildman–Crippen MR) is 131 cm³/mol. The number of piperazine rings is 1. The summed E-state index contributed by atoms with van der Waals surface area (Å²) in [6.45, 7) is 4.20. The van der Waals surface area contributed by atoms with Crippen molar-refractivity contribution in [3.05, 3.63) is 65.6 Å². The molecule has 3 aromatic rings. The van der Waals surface area contributed by atoms with Gasteiger partial charge in [0.1, 0.15) is 5.69 Å². The summed E-state index contributed by atoms with van der Waals surface area (Å²) in [4.78, 5) is 36.1. The molecule has 34 heavy (non-hydrogen) atoms. The second kappa shape index (κ2) is 9.85. The molecule has 4 heterocycles. The zero-order valence-corrected chi connectivity index (χ0v) is 19.6. The molecule has 0 saturated carbocycles. The van der Waals surface area contributed by atoms with E-state index in [-0.39, 0.29) is 17.7 Å². The molecule has 2 fully saturated rings. The highest BCUT2D eigenvalue weighted by Gasteiger charge is 2.32. The molecule has 0 bridgehead atoms. The fraction of sp³-hybridized carbons (Fsp3) is 0.360. The van der Waals surface area contributed by atoms with Gasteiger partial charge in [-0.15, -0.1) is 0 Å². The van der Waals surface area contributed by atoms with E-state index in [1.54, 1.807) is 18.5 Å². The van der Waals surface area contributed by atoms with Crippen LogP contribution in [0.15, 0.2) is 54.9 Å². The van der Waals surface area contributed by atoms with Crippen molar-refractivity contribution in [1.82, 2.24) is 25.0 Å². The lowest BCUT2D eigenvalue weighted by molar-refractivity contribution is -0.137. The average Bonchev–Trinajstić information content (AvgIpc) is 3.40. The number of H-pyrrole nitrogens is 1. The Kier molecular flexibility index (Phi) is 6.49. The fourth-order valence-electron chi connectivity index (χ4n) is 4.70. The predicted octanol–water partition coefficient (Wildman–Crippen LogP) is 3.33. The van der Waals surface area contributed by atoms with Crippen LogP contribution in [-0.2, 0) is 4.79 Å². The summed E-state index contributed by atoms with van der Waals surface area (Å²) in [5, 5.41) is 7.85. The number of carbonyl (C=O) groups is 2. The molecular weight excluding hydrogens is 452 g/mol. The number of piperidine rings is 1. The van der Waals surface area contributed by atoms with Gasteiger partial charge in [-0.25, -0.2) is 0 Å². The summed E-state index contributed by atoms with van der Waals surface area (Å²) >= 11 is 5.99. The van der Waals surface area contributed by atoms with E-state index < -0.39 is 0 Å². The van der Waals surface area contributed by atoms with Crippen LogP contribution in [0.5, 0.6) is 0 Å².